The molecule has 0 saturated carbocycles. The highest BCUT2D eigenvalue weighted by Gasteiger charge is 2.11. The van der Waals surface area contributed by atoms with E-state index in [2.05, 4.69) is 11.3 Å². The van der Waals surface area contributed by atoms with Gasteiger partial charge in [-0.25, -0.2) is 0 Å². The van der Waals surface area contributed by atoms with Crippen molar-refractivity contribution < 1.29 is 14.3 Å². The van der Waals surface area contributed by atoms with E-state index in [0.29, 0.717) is 13.0 Å². The van der Waals surface area contributed by atoms with Crippen LogP contribution >= 0.6 is 0 Å². The van der Waals surface area contributed by atoms with E-state index in [9.17, 15) is 4.79 Å². The van der Waals surface area contributed by atoms with E-state index in [1.54, 1.807) is 0 Å². The van der Waals surface area contributed by atoms with Crippen molar-refractivity contribution in [3.63, 3.8) is 0 Å². The smallest absolute Gasteiger partial charge is 0.308 e. The number of carbonyl (C=O) groups is 1. The number of allylic oxidation sites excluding steroid dienone is 1. The Morgan fingerprint density at radius 1 is 1.57 bits per heavy atom. The van der Waals surface area contributed by atoms with Crippen LogP contribution in [0.25, 0.3) is 0 Å². The molecule has 0 radical (unpaired) electrons. The summed E-state index contributed by atoms with van der Waals surface area (Å²) in [7, 11) is 1.40. The second-order valence-electron chi connectivity index (χ2n) is 3.11. The van der Waals surface area contributed by atoms with Crippen LogP contribution in [-0.2, 0) is 14.3 Å². The maximum absolute atomic E-state index is 11.0. The maximum atomic E-state index is 11.0. The van der Waals surface area contributed by atoms with E-state index in [4.69, 9.17) is 4.74 Å². The Bertz CT molecular complexity index is 166. The zero-order valence-electron chi connectivity index (χ0n) is 9.12. The Morgan fingerprint density at radius 3 is 2.79 bits per heavy atom. The molecule has 0 rings (SSSR count). The summed E-state index contributed by atoms with van der Waals surface area (Å²) in [5, 5.41) is 0. The second-order valence-corrected chi connectivity index (χ2v) is 3.11. The molecule has 0 aliphatic heterocycles. The topological polar surface area (TPSA) is 35.5 Å². The van der Waals surface area contributed by atoms with Crippen molar-refractivity contribution in [2.75, 3.05) is 13.7 Å². The van der Waals surface area contributed by atoms with Crippen LogP contribution in [0.5, 0.6) is 0 Å². The first-order chi connectivity index (χ1) is 6.74. The van der Waals surface area contributed by atoms with Gasteiger partial charge in [-0.05, 0) is 19.3 Å². The molecule has 0 aromatic heterocycles. The fourth-order valence-corrected chi connectivity index (χ4v) is 1.07. The first-order valence-corrected chi connectivity index (χ1v) is 5.03. The fourth-order valence-electron chi connectivity index (χ4n) is 1.07. The van der Waals surface area contributed by atoms with Crippen LogP contribution in [0.3, 0.4) is 0 Å². The van der Waals surface area contributed by atoms with Gasteiger partial charge in [-0.3, -0.25) is 4.79 Å². The van der Waals surface area contributed by atoms with Crippen molar-refractivity contribution in [3.8, 4) is 0 Å². The molecular formula is C11H20O3. The maximum Gasteiger partial charge on any atom is 0.308 e. The minimum atomic E-state index is -0.208. The van der Waals surface area contributed by atoms with Crippen LogP contribution in [0.15, 0.2) is 12.7 Å². The Morgan fingerprint density at radius 2 is 2.29 bits per heavy atom. The third kappa shape index (κ3) is 6.66. The minimum Gasteiger partial charge on any atom is -0.469 e. The van der Waals surface area contributed by atoms with Crippen LogP contribution in [0, 0.1) is 0 Å². The highest BCUT2D eigenvalue weighted by Crippen LogP contribution is 2.06. The summed E-state index contributed by atoms with van der Waals surface area (Å²) in [6, 6.07) is 0. The molecule has 3 heteroatoms. The summed E-state index contributed by atoms with van der Waals surface area (Å²) < 4.78 is 10.1. The van der Waals surface area contributed by atoms with E-state index < -0.39 is 0 Å². The molecule has 0 fully saturated rings. The van der Waals surface area contributed by atoms with Gasteiger partial charge in [-0.1, -0.05) is 13.0 Å². The molecule has 0 spiro atoms. The molecule has 14 heavy (non-hydrogen) atoms. The molecule has 0 heterocycles. The predicted molar refractivity (Wildman–Crippen MR) is 56.1 cm³/mol. The van der Waals surface area contributed by atoms with Crippen LogP contribution in [0.4, 0.5) is 0 Å². The average Bonchev–Trinajstić information content (AvgIpc) is 2.22. The van der Waals surface area contributed by atoms with Crippen molar-refractivity contribution in [2.45, 2.75) is 38.7 Å². The number of hydrogen-bond acceptors (Lipinski definition) is 3. The van der Waals surface area contributed by atoms with Crippen LogP contribution in [0.2, 0.25) is 0 Å². The molecule has 0 aromatic rings. The van der Waals surface area contributed by atoms with Gasteiger partial charge in [-0.2, -0.15) is 0 Å². The number of hydrogen-bond donors (Lipinski definition) is 0. The molecular weight excluding hydrogens is 180 g/mol. The predicted octanol–water partition coefficient (Wildman–Crippen LogP) is 2.31. The van der Waals surface area contributed by atoms with Crippen LogP contribution < -0.4 is 0 Å². The van der Waals surface area contributed by atoms with Gasteiger partial charge in [0.2, 0.25) is 0 Å². The van der Waals surface area contributed by atoms with Crippen molar-refractivity contribution in [2.24, 2.45) is 0 Å². The van der Waals surface area contributed by atoms with Crippen molar-refractivity contribution in [1.82, 2.24) is 0 Å². The quantitative estimate of drug-likeness (QED) is 0.342. The number of esters is 1. The van der Waals surface area contributed by atoms with Gasteiger partial charge in [-0.15, -0.1) is 6.58 Å². The molecule has 1 atom stereocenters. The van der Waals surface area contributed by atoms with Crippen LogP contribution in [0.1, 0.15) is 32.6 Å². The lowest BCUT2D eigenvalue weighted by atomic mass is 10.2. The van der Waals surface area contributed by atoms with E-state index >= 15 is 0 Å². The van der Waals surface area contributed by atoms with Crippen molar-refractivity contribution in [3.05, 3.63) is 12.7 Å². The van der Waals surface area contributed by atoms with Gasteiger partial charge in [0.05, 0.1) is 19.6 Å². The third-order valence-corrected chi connectivity index (χ3v) is 1.98. The van der Waals surface area contributed by atoms with Crippen molar-refractivity contribution in [1.29, 1.82) is 0 Å². The Balaban J connectivity index is 3.57. The van der Waals surface area contributed by atoms with Crippen LogP contribution in [-0.4, -0.2) is 25.8 Å². The van der Waals surface area contributed by atoms with E-state index in [1.165, 1.54) is 7.11 Å². The molecule has 0 N–H and O–H groups in total. The average molecular weight is 200 g/mol. The lowest BCUT2D eigenvalue weighted by Gasteiger charge is -2.14. The standard InChI is InChI=1S/C11H20O3/c1-4-6-7-8-14-10(5-2)9-11(12)13-3/h4,10H,1,5-9H2,2-3H3/t10-/m0/s1. The molecule has 0 unspecified atom stereocenters. The first-order valence-electron chi connectivity index (χ1n) is 5.03. The summed E-state index contributed by atoms with van der Waals surface area (Å²) >= 11 is 0. The summed E-state index contributed by atoms with van der Waals surface area (Å²) in [5.74, 6) is -0.208. The molecule has 0 bridgehead atoms. The number of unbranched alkanes of at least 4 members (excludes halogenated alkanes) is 1. The SMILES string of the molecule is C=CCCCO[C@@H](CC)CC(=O)OC. The molecule has 0 amide bonds. The van der Waals surface area contributed by atoms with Gasteiger partial charge in [0, 0.05) is 6.61 Å². The van der Waals surface area contributed by atoms with Gasteiger partial charge in [0.1, 0.15) is 0 Å². The zero-order valence-corrected chi connectivity index (χ0v) is 9.12. The minimum absolute atomic E-state index is 0.00716. The van der Waals surface area contributed by atoms with Gasteiger partial charge < -0.3 is 9.47 Å². The van der Waals surface area contributed by atoms with Gasteiger partial charge >= 0.3 is 5.97 Å². The number of carbonyl (C=O) groups excluding carboxylic acids is 1. The van der Waals surface area contributed by atoms with E-state index in [1.807, 2.05) is 13.0 Å². The Labute approximate surface area is 86.1 Å². The number of methoxy groups -OCH3 is 1. The van der Waals surface area contributed by atoms with Gasteiger partial charge in [0.15, 0.2) is 0 Å². The first kappa shape index (κ1) is 13.2. The lowest BCUT2D eigenvalue weighted by molar-refractivity contribution is -0.143. The highest BCUT2D eigenvalue weighted by atomic mass is 16.5. The molecule has 0 aromatic carbocycles. The monoisotopic (exact) mass is 200 g/mol. The second kappa shape index (κ2) is 8.75. The highest BCUT2D eigenvalue weighted by molar-refractivity contribution is 5.69. The van der Waals surface area contributed by atoms with E-state index in [0.717, 1.165) is 19.3 Å². The summed E-state index contributed by atoms with van der Waals surface area (Å²) in [5.41, 5.74) is 0. The third-order valence-electron chi connectivity index (χ3n) is 1.98. The summed E-state index contributed by atoms with van der Waals surface area (Å²) in [6.07, 6.45) is 4.96. The lowest BCUT2D eigenvalue weighted by Crippen LogP contribution is -2.18. The molecule has 0 saturated heterocycles. The fraction of sp³-hybridized carbons (Fsp3) is 0.727. The molecule has 82 valence electrons. The number of ether oxygens (including phenoxy) is 2. The summed E-state index contributed by atoms with van der Waals surface area (Å²) in [6.45, 7) is 6.31. The van der Waals surface area contributed by atoms with E-state index in [-0.39, 0.29) is 12.1 Å². The molecule has 3 nitrogen and oxygen atoms in total. The van der Waals surface area contributed by atoms with Gasteiger partial charge in [0.25, 0.3) is 0 Å². The summed E-state index contributed by atoms with van der Waals surface area (Å²) in [4.78, 5) is 11.0. The molecule has 0 aliphatic carbocycles. The normalized spacial score (nSPS) is 12.1. The Kier molecular flexibility index (Phi) is 8.24. The zero-order chi connectivity index (χ0) is 10.8. The molecule has 0 aliphatic rings. The number of rotatable bonds is 8. The largest absolute Gasteiger partial charge is 0.469 e. The Hall–Kier alpha value is -0.830. The van der Waals surface area contributed by atoms with Crippen molar-refractivity contribution >= 4 is 5.97 Å².